The minimum absolute atomic E-state index is 0.252. The van der Waals surface area contributed by atoms with Crippen LogP contribution in [0.3, 0.4) is 0 Å². The predicted molar refractivity (Wildman–Crippen MR) is 348 cm³/mol. The molecule has 1 aliphatic rings. The fourth-order valence-corrected chi connectivity index (χ4v) is 11.5. The lowest BCUT2D eigenvalue weighted by atomic mass is 9.82. The number of unbranched alkanes of at least 4 members (excludes halogenated alkanes) is 28. The molecule has 8 nitrogen and oxygen atoms in total. The second-order valence-corrected chi connectivity index (χ2v) is 26.0. The number of carbonyl (C=O) groups is 2. The Balaban J connectivity index is 2.19. The number of fused-ring (bicyclic) bond motifs is 2. The van der Waals surface area contributed by atoms with Gasteiger partial charge in [-0.2, -0.15) is 0 Å². The van der Waals surface area contributed by atoms with Crippen LogP contribution in [-0.2, 0) is 0 Å². The number of ketones is 2. The molecule has 2 atom stereocenters. The minimum Gasteiger partial charge on any atom is -0.490 e. The molecule has 0 bridgehead atoms. The van der Waals surface area contributed by atoms with E-state index in [4.69, 9.17) is 28.4 Å². The SMILES string of the molecule is CCCCCCCCCCOc1cc2c(c(OCCC(C)CCCC(C)C)c1OCCCCCCCCCC)C(=O)c1cc(OCCCCCCCCCC)c(OCCCCCCCCCC)c(OCCC(C)CCCC(C)C)c1C2=O. The van der Waals surface area contributed by atoms with Gasteiger partial charge in [-0.05, 0) is 74.3 Å². The van der Waals surface area contributed by atoms with Gasteiger partial charge in [-0.25, -0.2) is 0 Å². The summed E-state index contributed by atoms with van der Waals surface area (Å²) in [4.78, 5) is 31.7. The molecule has 2 aromatic carbocycles. The van der Waals surface area contributed by atoms with Crippen LogP contribution in [-0.4, -0.2) is 51.2 Å². The van der Waals surface area contributed by atoms with Crippen molar-refractivity contribution in [3.63, 3.8) is 0 Å². The van der Waals surface area contributed by atoms with Crippen molar-refractivity contribution < 1.29 is 38.0 Å². The Labute approximate surface area is 505 Å². The summed E-state index contributed by atoms with van der Waals surface area (Å²) in [6.45, 7) is 25.5. The van der Waals surface area contributed by atoms with Crippen molar-refractivity contribution in [1.29, 1.82) is 0 Å². The third-order valence-corrected chi connectivity index (χ3v) is 17.0. The summed E-state index contributed by atoms with van der Waals surface area (Å²) in [5, 5.41) is 0. The second kappa shape index (κ2) is 46.8. The second-order valence-electron chi connectivity index (χ2n) is 26.0. The molecule has 0 N–H and O–H groups in total. The molecule has 0 saturated heterocycles. The number of hydrogen-bond donors (Lipinski definition) is 0. The molecule has 0 aromatic heterocycles. The molecule has 3 rings (SSSR count). The summed E-state index contributed by atoms with van der Waals surface area (Å²) in [5.74, 6) is 4.11. The zero-order valence-electron chi connectivity index (χ0n) is 55.3. The van der Waals surface area contributed by atoms with Gasteiger partial charge in [0, 0.05) is 11.1 Å². The molecule has 0 aliphatic heterocycles. The van der Waals surface area contributed by atoms with Gasteiger partial charge in [0.25, 0.3) is 0 Å². The van der Waals surface area contributed by atoms with E-state index in [0.29, 0.717) is 97.8 Å². The van der Waals surface area contributed by atoms with Gasteiger partial charge < -0.3 is 28.4 Å². The van der Waals surface area contributed by atoms with Crippen LogP contribution in [0.1, 0.15) is 358 Å². The normalized spacial score (nSPS) is 13.0. The van der Waals surface area contributed by atoms with Gasteiger partial charge in [-0.3, -0.25) is 9.59 Å². The van der Waals surface area contributed by atoms with Crippen molar-refractivity contribution in [3.05, 3.63) is 34.4 Å². The van der Waals surface area contributed by atoms with E-state index in [9.17, 15) is 0 Å². The van der Waals surface area contributed by atoms with Gasteiger partial charge >= 0.3 is 0 Å². The minimum atomic E-state index is -0.283. The van der Waals surface area contributed by atoms with Crippen molar-refractivity contribution in [3.8, 4) is 34.5 Å². The van der Waals surface area contributed by atoms with Gasteiger partial charge in [-0.15, -0.1) is 0 Å². The Morgan fingerprint density at radius 1 is 0.280 bits per heavy atom. The first-order valence-electron chi connectivity index (χ1n) is 35.3. The fraction of sp³-hybridized carbons (Fsp3) is 0.811. The van der Waals surface area contributed by atoms with Gasteiger partial charge in [0.2, 0.25) is 11.5 Å². The van der Waals surface area contributed by atoms with Crippen LogP contribution < -0.4 is 28.4 Å². The Morgan fingerprint density at radius 2 is 0.537 bits per heavy atom. The molecule has 0 saturated carbocycles. The average Bonchev–Trinajstić information content (AvgIpc) is 1.92. The average molecular weight is 1150 g/mol. The Kier molecular flexibility index (Phi) is 41.6. The lowest BCUT2D eigenvalue weighted by Crippen LogP contribution is -2.25. The van der Waals surface area contributed by atoms with E-state index in [-0.39, 0.29) is 33.8 Å². The molecule has 8 heteroatoms. The highest BCUT2D eigenvalue weighted by atomic mass is 16.5. The third-order valence-electron chi connectivity index (χ3n) is 17.0. The van der Waals surface area contributed by atoms with Crippen molar-refractivity contribution in [2.45, 2.75) is 326 Å². The van der Waals surface area contributed by atoms with Crippen LogP contribution in [0, 0.1) is 23.7 Å². The van der Waals surface area contributed by atoms with E-state index in [1.54, 1.807) is 12.1 Å². The zero-order valence-corrected chi connectivity index (χ0v) is 55.3. The number of carbonyl (C=O) groups excluding carboxylic acids is 2. The summed E-state index contributed by atoms with van der Waals surface area (Å²) in [6.07, 6.45) is 46.4. The third kappa shape index (κ3) is 30.1. The van der Waals surface area contributed by atoms with Gasteiger partial charge in [0.05, 0.1) is 50.8 Å². The zero-order chi connectivity index (χ0) is 59.4. The van der Waals surface area contributed by atoms with Crippen LogP contribution in [0.4, 0.5) is 0 Å². The standard InChI is InChI=1S/C74H128O8/c1-11-15-19-23-27-31-35-39-51-77-65-57-63-67(73(81-55-49-61(9)47-43-45-59(5)6)71(65)79-53-41-37-33-29-25-21-17-13-3)70(76)64-58-66(78-52-40-36-32-28-24-20-16-12-2)72(80-54-42-38-34-30-26-22-18-14-4)74(68(64)69(63)75)82-56-50-62(10)48-44-46-60(7)8/h57-62H,11-56H2,1-10H3. The smallest absolute Gasteiger partial charge is 0.204 e. The van der Waals surface area contributed by atoms with E-state index < -0.39 is 0 Å². The number of ether oxygens (including phenoxy) is 6. The van der Waals surface area contributed by atoms with Gasteiger partial charge in [0.1, 0.15) is 0 Å². The molecule has 1 aliphatic carbocycles. The molecule has 2 unspecified atom stereocenters. The summed E-state index contributed by atoms with van der Waals surface area (Å²) in [7, 11) is 0. The summed E-state index contributed by atoms with van der Waals surface area (Å²) < 4.78 is 41.1. The lowest BCUT2D eigenvalue weighted by molar-refractivity contribution is 0.0967. The van der Waals surface area contributed by atoms with E-state index in [2.05, 4.69) is 69.2 Å². The van der Waals surface area contributed by atoms with E-state index in [0.717, 1.165) is 89.9 Å². The maximum atomic E-state index is 15.8. The van der Waals surface area contributed by atoms with Crippen molar-refractivity contribution >= 4 is 11.6 Å². The topological polar surface area (TPSA) is 89.5 Å². The molecule has 0 radical (unpaired) electrons. The van der Waals surface area contributed by atoms with E-state index in [1.807, 2.05) is 0 Å². The molecule has 472 valence electrons. The number of rotatable bonds is 56. The highest BCUT2D eigenvalue weighted by molar-refractivity contribution is 6.31. The molecule has 82 heavy (non-hydrogen) atoms. The van der Waals surface area contributed by atoms with E-state index in [1.165, 1.54) is 167 Å². The molecule has 0 amide bonds. The first kappa shape index (κ1) is 72.8. The largest absolute Gasteiger partial charge is 0.490 e. The lowest BCUT2D eigenvalue weighted by Gasteiger charge is -2.28. The number of hydrogen-bond acceptors (Lipinski definition) is 8. The Bertz CT molecular complexity index is 1800. The molecule has 0 fully saturated rings. The quantitative estimate of drug-likeness (QED) is 0.0517. The highest BCUT2D eigenvalue weighted by Gasteiger charge is 2.41. The molecular formula is C74H128O8. The monoisotopic (exact) mass is 1140 g/mol. The van der Waals surface area contributed by atoms with Crippen LogP contribution in [0.2, 0.25) is 0 Å². The van der Waals surface area contributed by atoms with Crippen molar-refractivity contribution in [2.24, 2.45) is 23.7 Å². The Hall–Kier alpha value is -3.42. The Morgan fingerprint density at radius 3 is 0.817 bits per heavy atom. The van der Waals surface area contributed by atoms with Crippen LogP contribution in [0.25, 0.3) is 0 Å². The summed E-state index contributed by atoms with van der Waals surface area (Å²) in [6, 6.07) is 3.59. The molecule has 0 heterocycles. The predicted octanol–water partition coefficient (Wildman–Crippen LogP) is 23.0. The van der Waals surface area contributed by atoms with Crippen LogP contribution >= 0.6 is 0 Å². The van der Waals surface area contributed by atoms with Crippen molar-refractivity contribution in [2.75, 3.05) is 39.6 Å². The van der Waals surface area contributed by atoms with Crippen LogP contribution in [0.15, 0.2) is 12.1 Å². The highest BCUT2D eigenvalue weighted by Crippen LogP contribution is 2.51. The van der Waals surface area contributed by atoms with Crippen LogP contribution in [0.5, 0.6) is 34.5 Å². The van der Waals surface area contributed by atoms with E-state index >= 15 is 9.59 Å². The molecular weight excluding hydrogens is 1020 g/mol. The maximum absolute atomic E-state index is 15.8. The van der Waals surface area contributed by atoms with Crippen molar-refractivity contribution in [1.82, 2.24) is 0 Å². The number of benzene rings is 2. The maximum Gasteiger partial charge on any atom is 0.204 e. The van der Waals surface area contributed by atoms with Gasteiger partial charge in [-0.1, -0.05) is 288 Å². The summed E-state index contributed by atoms with van der Waals surface area (Å²) in [5.41, 5.74) is 1.05. The summed E-state index contributed by atoms with van der Waals surface area (Å²) >= 11 is 0. The first-order valence-corrected chi connectivity index (χ1v) is 35.3. The molecule has 0 spiro atoms. The van der Waals surface area contributed by atoms with Gasteiger partial charge in [0.15, 0.2) is 34.6 Å². The first-order chi connectivity index (χ1) is 40.0. The molecule has 2 aromatic rings. The fourth-order valence-electron chi connectivity index (χ4n) is 11.5.